The van der Waals surface area contributed by atoms with Crippen LogP contribution in [0, 0.1) is 17.8 Å². The first-order valence-corrected chi connectivity index (χ1v) is 17.3. The van der Waals surface area contributed by atoms with Crippen LogP contribution in [0.25, 0.3) is 11.6 Å². The molecule has 0 unspecified atom stereocenters. The number of hydrogen-bond acceptors (Lipinski definition) is 4. The summed E-state index contributed by atoms with van der Waals surface area (Å²) in [6.07, 6.45) is 12.2. The molecular formula is C37H45F5N6. The predicted octanol–water partition coefficient (Wildman–Crippen LogP) is 10.1. The van der Waals surface area contributed by atoms with Crippen molar-refractivity contribution in [3.63, 3.8) is 0 Å². The minimum atomic E-state index is -4.68. The third-order valence-corrected chi connectivity index (χ3v) is 10.3. The zero-order valence-electron chi connectivity index (χ0n) is 28.1. The van der Waals surface area contributed by atoms with E-state index in [1.54, 1.807) is 18.3 Å². The third kappa shape index (κ3) is 7.81. The SMILES string of the molecule is Cc1ccn(-c2cc(CC3(C)CCCCCC3)cc(C(F)(F)c3cc(CC4(C)CCCCCC4)cc(-n4ccc(C(F)(F)F)n4)n3)n2)n1. The number of hydrogen-bond donors (Lipinski definition) is 0. The van der Waals surface area contributed by atoms with Crippen LogP contribution >= 0.6 is 0 Å². The topological polar surface area (TPSA) is 61.4 Å². The van der Waals surface area contributed by atoms with Crippen LogP contribution < -0.4 is 0 Å². The third-order valence-electron chi connectivity index (χ3n) is 10.3. The lowest BCUT2D eigenvalue weighted by atomic mass is 9.77. The van der Waals surface area contributed by atoms with Gasteiger partial charge in [-0.25, -0.2) is 19.3 Å². The van der Waals surface area contributed by atoms with Crippen molar-refractivity contribution >= 4 is 0 Å². The van der Waals surface area contributed by atoms with Crippen molar-refractivity contribution in [1.82, 2.24) is 29.5 Å². The maximum atomic E-state index is 17.0. The minimum absolute atomic E-state index is 0.0303. The highest BCUT2D eigenvalue weighted by Gasteiger charge is 2.40. The average molecular weight is 669 g/mol. The Kier molecular flexibility index (Phi) is 9.52. The van der Waals surface area contributed by atoms with Crippen LogP contribution in [0.1, 0.15) is 125 Å². The van der Waals surface area contributed by atoms with Crippen LogP contribution in [-0.2, 0) is 24.9 Å². The number of alkyl halides is 5. The van der Waals surface area contributed by atoms with Gasteiger partial charge in [0.15, 0.2) is 17.3 Å². The molecule has 0 aromatic carbocycles. The zero-order chi connectivity index (χ0) is 34.2. The number of aryl methyl sites for hydroxylation is 1. The molecule has 0 spiro atoms. The number of halogens is 5. The fraction of sp³-hybridized carbons (Fsp3) is 0.568. The smallest absolute Gasteiger partial charge is 0.227 e. The van der Waals surface area contributed by atoms with Gasteiger partial charge in [0.25, 0.3) is 0 Å². The van der Waals surface area contributed by atoms with Crippen molar-refractivity contribution in [3.8, 4) is 11.6 Å². The monoisotopic (exact) mass is 668 g/mol. The molecule has 0 amide bonds. The standard InChI is InChI=1S/C37H45F5N6/c1-26-12-18-47(45-26)32-22-27(24-34(2)14-8-4-5-9-15-34)20-30(43-32)36(38,39)31-21-28(25-35(3)16-10-6-7-11-17-35)23-33(44-31)48-19-13-29(46-48)37(40,41)42/h12-13,18-23H,4-11,14-17,24-25H2,1-3H3. The summed E-state index contributed by atoms with van der Waals surface area (Å²) < 4.78 is 76.8. The Bertz CT molecular complexity index is 1700. The molecule has 4 aromatic rings. The van der Waals surface area contributed by atoms with E-state index in [0.717, 1.165) is 92.4 Å². The molecule has 6 rings (SSSR count). The Balaban J connectivity index is 1.45. The van der Waals surface area contributed by atoms with E-state index >= 15 is 8.78 Å². The summed E-state index contributed by atoms with van der Waals surface area (Å²) in [5, 5.41) is 8.13. The number of nitrogens with zero attached hydrogens (tertiary/aromatic N) is 6. The molecular weight excluding hydrogens is 623 g/mol. The average Bonchev–Trinajstić information content (AvgIpc) is 3.59. The summed E-state index contributed by atoms with van der Waals surface area (Å²) in [6.45, 7) is 6.23. The highest BCUT2D eigenvalue weighted by Crippen LogP contribution is 2.42. The van der Waals surface area contributed by atoms with Gasteiger partial charge < -0.3 is 0 Å². The molecule has 2 aliphatic rings. The maximum absolute atomic E-state index is 17.0. The normalized spacial score (nSPS) is 18.8. The van der Waals surface area contributed by atoms with Crippen LogP contribution in [0.5, 0.6) is 0 Å². The fourth-order valence-electron chi connectivity index (χ4n) is 7.68. The lowest BCUT2D eigenvalue weighted by Crippen LogP contribution is -2.24. The Morgan fingerprint density at radius 1 is 0.604 bits per heavy atom. The number of rotatable bonds is 8. The second kappa shape index (κ2) is 13.3. The van der Waals surface area contributed by atoms with E-state index in [2.05, 4.69) is 34.0 Å². The molecule has 2 fully saturated rings. The second-order valence-electron chi connectivity index (χ2n) is 14.9. The molecule has 2 aliphatic carbocycles. The van der Waals surface area contributed by atoms with E-state index in [-0.39, 0.29) is 22.5 Å². The summed E-state index contributed by atoms with van der Waals surface area (Å²) in [4.78, 5) is 8.73. The van der Waals surface area contributed by atoms with Gasteiger partial charge in [0.05, 0.1) is 5.69 Å². The number of pyridine rings is 2. The summed E-state index contributed by atoms with van der Waals surface area (Å²) >= 11 is 0. The highest BCUT2D eigenvalue weighted by atomic mass is 19.4. The second-order valence-corrected chi connectivity index (χ2v) is 14.9. The summed E-state index contributed by atoms with van der Waals surface area (Å²) in [7, 11) is 0. The quantitative estimate of drug-likeness (QED) is 0.139. The summed E-state index contributed by atoms with van der Waals surface area (Å²) in [5.74, 6) is -3.46. The Labute approximate surface area is 279 Å². The Hall–Kier alpha value is -3.63. The van der Waals surface area contributed by atoms with Gasteiger partial charge in [-0.15, -0.1) is 0 Å². The fourth-order valence-corrected chi connectivity index (χ4v) is 7.68. The molecule has 0 bridgehead atoms. The predicted molar refractivity (Wildman–Crippen MR) is 174 cm³/mol. The molecule has 0 saturated heterocycles. The van der Waals surface area contributed by atoms with Gasteiger partial charge >= 0.3 is 12.1 Å². The highest BCUT2D eigenvalue weighted by molar-refractivity contribution is 5.39. The number of aromatic nitrogens is 6. The van der Waals surface area contributed by atoms with Crippen LogP contribution in [0.2, 0.25) is 0 Å². The van der Waals surface area contributed by atoms with Gasteiger partial charge in [-0.05, 0) is 104 Å². The van der Waals surface area contributed by atoms with Crippen molar-refractivity contribution in [2.75, 3.05) is 0 Å². The molecule has 4 aromatic heterocycles. The maximum Gasteiger partial charge on any atom is 0.435 e. The van der Waals surface area contributed by atoms with E-state index in [1.165, 1.54) is 29.7 Å². The molecule has 11 heteroatoms. The van der Waals surface area contributed by atoms with E-state index in [4.69, 9.17) is 0 Å². The van der Waals surface area contributed by atoms with Crippen molar-refractivity contribution in [2.24, 2.45) is 10.8 Å². The van der Waals surface area contributed by atoms with Crippen molar-refractivity contribution in [3.05, 3.63) is 82.7 Å². The van der Waals surface area contributed by atoms with Gasteiger partial charge in [-0.1, -0.05) is 65.2 Å². The zero-order valence-corrected chi connectivity index (χ0v) is 28.1. The van der Waals surface area contributed by atoms with Crippen LogP contribution in [0.4, 0.5) is 22.0 Å². The molecule has 0 atom stereocenters. The molecule has 48 heavy (non-hydrogen) atoms. The van der Waals surface area contributed by atoms with Gasteiger partial charge in [0, 0.05) is 12.4 Å². The molecule has 0 radical (unpaired) electrons. The van der Waals surface area contributed by atoms with Gasteiger partial charge in [-0.2, -0.15) is 32.1 Å². The van der Waals surface area contributed by atoms with Gasteiger partial charge in [-0.3, -0.25) is 0 Å². The first kappa shape index (κ1) is 34.2. The first-order valence-electron chi connectivity index (χ1n) is 17.3. The first-order chi connectivity index (χ1) is 22.7. The van der Waals surface area contributed by atoms with Crippen LogP contribution in [-0.4, -0.2) is 29.5 Å². The Morgan fingerprint density at radius 2 is 1.04 bits per heavy atom. The van der Waals surface area contributed by atoms with Crippen molar-refractivity contribution in [2.45, 2.75) is 123 Å². The minimum Gasteiger partial charge on any atom is -0.227 e. The molecule has 6 nitrogen and oxygen atoms in total. The molecule has 258 valence electrons. The van der Waals surface area contributed by atoms with E-state index in [0.29, 0.717) is 18.4 Å². The molecule has 2 saturated carbocycles. The molecule has 0 aliphatic heterocycles. The van der Waals surface area contributed by atoms with Crippen LogP contribution in [0.3, 0.4) is 0 Å². The van der Waals surface area contributed by atoms with Crippen molar-refractivity contribution < 1.29 is 22.0 Å². The Morgan fingerprint density at radius 3 is 1.44 bits per heavy atom. The summed E-state index contributed by atoms with van der Waals surface area (Å²) in [6, 6.07) is 8.95. The lowest BCUT2D eigenvalue weighted by Gasteiger charge is -2.29. The van der Waals surface area contributed by atoms with Crippen LogP contribution in [0.15, 0.2) is 48.8 Å². The lowest BCUT2D eigenvalue weighted by molar-refractivity contribution is -0.141. The molecule has 0 N–H and O–H groups in total. The van der Waals surface area contributed by atoms with Gasteiger partial charge in [0.2, 0.25) is 0 Å². The van der Waals surface area contributed by atoms with E-state index in [9.17, 15) is 13.2 Å². The molecule has 4 heterocycles. The largest absolute Gasteiger partial charge is 0.435 e. The van der Waals surface area contributed by atoms with Gasteiger partial charge in [0.1, 0.15) is 11.4 Å². The summed E-state index contributed by atoms with van der Waals surface area (Å²) in [5.41, 5.74) is -0.228. The van der Waals surface area contributed by atoms with E-state index < -0.39 is 29.2 Å². The van der Waals surface area contributed by atoms with E-state index in [1.807, 2.05) is 13.0 Å². The van der Waals surface area contributed by atoms with Crippen molar-refractivity contribution in [1.29, 1.82) is 0 Å².